The lowest BCUT2D eigenvalue weighted by molar-refractivity contribution is 0.229. The maximum atomic E-state index is 6.11. The van der Waals surface area contributed by atoms with Crippen LogP contribution in [0.1, 0.15) is 68.7 Å². The van der Waals surface area contributed by atoms with Gasteiger partial charge in [-0.15, -0.1) is 0 Å². The summed E-state index contributed by atoms with van der Waals surface area (Å²) in [4.78, 5) is 2.42. The molecule has 4 heteroatoms. The summed E-state index contributed by atoms with van der Waals surface area (Å²) in [6.45, 7) is 2.99. The van der Waals surface area contributed by atoms with Gasteiger partial charge in [-0.3, -0.25) is 4.90 Å². The molecule has 0 unspecified atom stereocenters. The molecule has 2 aliphatic rings. The Morgan fingerprint density at radius 1 is 1.15 bits per heavy atom. The molecular weight excluding hydrogens is 250 g/mol. The van der Waals surface area contributed by atoms with Crippen molar-refractivity contribution in [2.45, 2.75) is 69.9 Å². The van der Waals surface area contributed by atoms with E-state index in [0.29, 0.717) is 12.0 Å². The molecule has 0 radical (unpaired) electrons. The number of nitrogens with zero attached hydrogens (tertiary/aromatic N) is 2. The van der Waals surface area contributed by atoms with Crippen LogP contribution in [0.3, 0.4) is 0 Å². The Bertz CT molecular complexity index is 412. The van der Waals surface area contributed by atoms with Crippen molar-refractivity contribution in [3.8, 4) is 0 Å². The smallest absolute Gasteiger partial charge is 0.150 e. The minimum absolute atomic E-state index is 0.318. The third kappa shape index (κ3) is 3.61. The van der Waals surface area contributed by atoms with Gasteiger partial charge in [0.25, 0.3) is 0 Å². The summed E-state index contributed by atoms with van der Waals surface area (Å²) in [5, 5.41) is 4.31. The summed E-state index contributed by atoms with van der Waals surface area (Å²) in [6.07, 6.45) is 10.3. The minimum Gasteiger partial charge on any atom is -0.360 e. The lowest BCUT2D eigenvalue weighted by atomic mass is 9.87. The van der Waals surface area contributed by atoms with Crippen LogP contribution in [-0.2, 0) is 6.54 Å². The summed E-state index contributed by atoms with van der Waals surface area (Å²) in [7, 11) is 0. The van der Waals surface area contributed by atoms with Gasteiger partial charge in [0.2, 0.25) is 0 Å². The van der Waals surface area contributed by atoms with Gasteiger partial charge in [0.15, 0.2) is 5.76 Å². The first-order valence-corrected chi connectivity index (χ1v) is 8.24. The van der Waals surface area contributed by atoms with E-state index in [1.54, 1.807) is 0 Å². The van der Waals surface area contributed by atoms with Gasteiger partial charge < -0.3 is 10.3 Å². The second kappa shape index (κ2) is 6.72. The molecule has 1 aliphatic carbocycles. The van der Waals surface area contributed by atoms with Gasteiger partial charge in [-0.2, -0.15) is 0 Å². The van der Waals surface area contributed by atoms with Gasteiger partial charge in [-0.1, -0.05) is 30.8 Å². The van der Waals surface area contributed by atoms with Crippen LogP contribution in [0, 0.1) is 0 Å². The number of nitrogens with two attached hydrogens (primary N) is 1. The fourth-order valence-electron chi connectivity index (χ4n) is 3.61. The molecule has 1 aromatic rings. The maximum absolute atomic E-state index is 6.11. The van der Waals surface area contributed by atoms with Gasteiger partial charge in [0, 0.05) is 24.6 Å². The van der Waals surface area contributed by atoms with E-state index in [2.05, 4.69) is 16.1 Å². The Hall–Kier alpha value is -0.870. The van der Waals surface area contributed by atoms with E-state index in [1.807, 2.05) is 0 Å². The van der Waals surface area contributed by atoms with Gasteiger partial charge in [0.05, 0.1) is 12.2 Å². The molecule has 20 heavy (non-hydrogen) atoms. The molecule has 0 bridgehead atoms. The van der Waals surface area contributed by atoms with Crippen LogP contribution in [0.5, 0.6) is 0 Å². The van der Waals surface area contributed by atoms with E-state index in [4.69, 9.17) is 10.3 Å². The molecular formula is C16H27N3O. The highest BCUT2D eigenvalue weighted by Crippen LogP contribution is 2.32. The molecule has 0 amide bonds. The molecule has 2 heterocycles. The standard InChI is InChI=1S/C16H27N3O/c17-14-8-4-5-9-19(11-14)12-15-10-16(18-20-15)13-6-2-1-3-7-13/h10,13-14H,1-9,11-12,17H2/t14-/m1/s1. The summed E-state index contributed by atoms with van der Waals surface area (Å²) in [6, 6.07) is 2.50. The molecule has 1 aliphatic heterocycles. The third-order valence-corrected chi connectivity index (χ3v) is 4.77. The molecule has 1 saturated heterocycles. The SMILES string of the molecule is N[C@@H]1CCCCN(Cc2cc(C3CCCCC3)no2)C1. The van der Waals surface area contributed by atoms with Gasteiger partial charge in [0.1, 0.15) is 0 Å². The zero-order valence-corrected chi connectivity index (χ0v) is 12.4. The van der Waals surface area contributed by atoms with Crippen LogP contribution in [-0.4, -0.2) is 29.2 Å². The predicted octanol–water partition coefficient (Wildman–Crippen LogP) is 3.04. The van der Waals surface area contributed by atoms with Crippen molar-refractivity contribution in [3.05, 3.63) is 17.5 Å². The topological polar surface area (TPSA) is 55.3 Å². The number of likely N-dealkylation sites (tertiary alicyclic amines) is 1. The fraction of sp³-hybridized carbons (Fsp3) is 0.812. The van der Waals surface area contributed by atoms with E-state index in [1.165, 1.54) is 50.6 Å². The number of hydrogen-bond donors (Lipinski definition) is 1. The van der Waals surface area contributed by atoms with Crippen LogP contribution >= 0.6 is 0 Å². The maximum Gasteiger partial charge on any atom is 0.150 e. The highest BCUT2D eigenvalue weighted by molar-refractivity contribution is 5.11. The van der Waals surface area contributed by atoms with Crippen LogP contribution in [0.4, 0.5) is 0 Å². The number of rotatable bonds is 3. The Morgan fingerprint density at radius 2 is 1.95 bits per heavy atom. The predicted molar refractivity (Wildman–Crippen MR) is 79.4 cm³/mol. The van der Waals surface area contributed by atoms with Gasteiger partial charge >= 0.3 is 0 Å². The molecule has 2 N–H and O–H groups in total. The van der Waals surface area contributed by atoms with Crippen molar-refractivity contribution < 1.29 is 4.52 Å². The normalized spacial score (nSPS) is 26.6. The summed E-state index contributed by atoms with van der Waals surface area (Å²) in [5.41, 5.74) is 7.29. The first-order chi connectivity index (χ1) is 9.81. The molecule has 4 nitrogen and oxygen atoms in total. The molecule has 112 valence electrons. The Balaban J connectivity index is 1.58. The highest BCUT2D eigenvalue weighted by Gasteiger charge is 2.21. The van der Waals surface area contributed by atoms with Gasteiger partial charge in [-0.05, 0) is 32.2 Å². The zero-order valence-electron chi connectivity index (χ0n) is 12.4. The van der Waals surface area contributed by atoms with Crippen LogP contribution < -0.4 is 5.73 Å². The van der Waals surface area contributed by atoms with Crippen molar-refractivity contribution in [1.82, 2.24) is 10.1 Å². The van der Waals surface area contributed by atoms with Crippen molar-refractivity contribution in [2.75, 3.05) is 13.1 Å². The summed E-state index contributed by atoms with van der Waals surface area (Å²) >= 11 is 0. The first-order valence-electron chi connectivity index (χ1n) is 8.24. The molecule has 1 aromatic heterocycles. The lowest BCUT2D eigenvalue weighted by Crippen LogP contribution is -2.35. The Morgan fingerprint density at radius 3 is 2.80 bits per heavy atom. The van der Waals surface area contributed by atoms with E-state index in [0.717, 1.165) is 31.8 Å². The third-order valence-electron chi connectivity index (χ3n) is 4.77. The quantitative estimate of drug-likeness (QED) is 0.922. The first kappa shape index (κ1) is 14.1. The average Bonchev–Trinajstić information content (AvgIpc) is 2.83. The highest BCUT2D eigenvalue weighted by atomic mass is 16.5. The molecule has 0 spiro atoms. The average molecular weight is 277 g/mol. The molecule has 3 rings (SSSR count). The molecule has 1 atom stereocenters. The monoisotopic (exact) mass is 277 g/mol. The van der Waals surface area contributed by atoms with Crippen molar-refractivity contribution in [3.63, 3.8) is 0 Å². The van der Waals surface area contributed by atoms with Crippen LogP contribution in [0.2, 0.25) is 0 Å². The molecule has 2 fully saturated rings. The largest absolute Gasteiger partial charge is 0.360 e. The number of hydrogen-bond acceptors (Lipinski definition) is 4. The summed E-state index contributed by atoms with van der Waals surface area (Å²) < 4.78 is 5.56. The number of aromatic nitrogens is 1. The van der Waals surface area contributed by atoms with E-state index in [9.17, 15) is 0 Å². The summed E-state index contributed by atoms with van der Waals surface area (Å²) in [5.74, 6) is 1.65. The lowest BCUT2D eigenvalue weighted by Gasteiger charge is -2.20. The Labute approximate surface area is 121 Å². The van der Waals surface area contributed by atoms with Crippen LogP contribution in [0.25, 0.3) is 0 Å². The van der Waals surface area contributed by atoms with E-state index >= 15 is 0 Å². The van der Waals surface area contributed by atoms with Crippen LogP contribution in [0.15, 0.2) is 10.6 Å². The molecule has 0 aromatic carbocycles. The van der Waals surface area contributed by atoms with Crippen molar-refractivity contribution in [2.24, 2.45) is 5.73 Å². The van der Waals surface area contributed by atoms with Crippen molar-refractivity contribution in [1.29, 1.82) is 0 Å². The fourth-order valence-corrected chi connectivity index (χ4v) is 3.61. The van der Waals surface area contributed by atoms with Crippen molar-refractivity contribution >= 4 is 0 Å². The second-order valence-corrected chi connectivity index (χ2v) is 6.54. The van der Waals surface area contributed by atoms with Gasteiger partial charge in [-0.25, -0.2) is 0 Å². The van der Waals surface area contributed by atoms with E-state index < -0.39 is 0 Å². The zero-order chi connectivity index (χ0) is 13.8. The minimum atomic E-state index is 0.318. The van der Waals surface area contributed by atoms with E-state index in [-0.39, 0.29) is 0 Å². The Kier molecular flexibility index (Phi) is 4.73. The second-order valence-electron chi connectivity index (χ2n) is 6.54. The molecule has 1 saturated carbocycles.